The third-order valence-corrected chi connectivity index (χ3v) is 2.57. The summed E-state index contributed by atoms with van der Waals surface area (Å²) in [5.74, 6) is -0.421. The van der Waals surface area contributed by atoms with E-state index in [-0.39, 0.29) is 12.7 Å². The number of methoxy groups -OCH3 is 1. The van der Waals surface area contributed by atoms with Crippen LogP contribution in [0.3, 0.4) is 0 Å². The van der Waals surface area contributed by atoms with Gasteiger partial charge < -0.3 is 15.2 Å². The summed E-state index contributed by atoms with van der Waals surface area (Å²) < 4.78 is 10.2. The zero-order valence-corrected chi connectivity index (χ0v) is 8.91. The molecule has 0 aromatic rings. The molecular formula is C10H19NO3. The lowest BCUT2D eigenvalue weighted by Crippen LogP contribution is -2.50. The number of hydrogen-bond acceptors (Lipinski definition) is 4. The molecule has 0 heterocycles. The van der Waals surface area contributed by atoms with E-state index in [0.717, 1.165) is 12.8 Å². The van der Waals surface area contributed by atoms with Gasteiger partial charge in [-0.3, -0.25) is 0 Å². The summed E-state index contributed by atoms with van der Waals surface area (Å²) in [5.41, 5.74) is 4.73. The Hall–Kier alpha value is -0.610. The SMILES string of the molecule is COC(=O)C(C)(N)COC1CCCC1. The van der Waals surface area contributed by atoms with Gasteiger partial charge in [-0.25, -0.2) is 4.79 Å². The van der Waals surface area contributed by atoms with Crippen molar-refractivity contribution in [3.63, 3.8) is 0 Å². The van der Waals surface area contributed by atoms with Crippen LogP contribution in [0.5, 0.6) is 0 Å². The molecule has 0 amide bonds. The molecule has 1 fully saturated rings. The van der Waals surface area contributed by atoms with E-state index in [1.807, 2.05) is 0 Å². The zero-order chi connectivity index (χ0) is 10.6. The van der Waals surface area contributed by atoms with E-state index in [1.165, 1.54) is 20.0 Å². The van der Waals surface area contributed by atoms with Gasteiger partial charge >= 0.3 is 5.97 Å². The lowest BCUT2D eigenvalue weighted by Gasteiger charge is -2.23. The molecule has 0 saturated heterocycles. The number of carbonyl (C=O) groups excluding carboxylic acids is 1. The van der Waals surface area contributed by atoms with Crippen molar-refractivity contribution in [2.75, 3.05) is 13.7 Å². The van der Waals surface area contributed by atoms with Gasteiger partial charge in [0.15, 0.2) is 0 Å². The van der Waals surface area contributed by atoms with Crippen LogP contribution in [0.1, 0.15) is 32.6 Å². The van der Waals surface area contributed by atoms with Gasteiger partial charge in [-0.15, -0.1) is 0 Å². The minimum absolute atomic E-state index is 0.240. The third kappa shape index (κ3) is 2.96. The van der Waals surface area contributed by atoms with Gasteiger partial charge in [-0.05, 0) is 19.8 Å². The standard InChI is InChI=1S/C10H19NO3/c1-10(11,9(12)13-2)7-14-8-5-3-4-6-8/h8H,3-7,11H2,1-2H3. The molecule has 1 atom stereocenters. The minimum Gasteiger partial charge on any atom is -0.468 e. The molecule has 1 aliphatic rings. The molecule has 82 valence electrons. The first kappa shape index (κ1) is 11.5. The predicted molar refractivity (Wildman–Crippen MR) is 52.8 cm³/mol. The van der Waals surface area contributed by atoms with Crippen LogP contribution in [0.4, 0.5) is 0 Å². The molecule has 0 spiro atoms. The summed E-state index contributed by atoms with van der Waals surface area (Å²) in [5, 5.41) is 0. The Morgan fingerprint density at radius 1 is 1.50 bits per heavy atom. The molecule has 0 radical (unpaired) electrons. The second-order valence-electron chi connectivity index (χ2n) is 4.13. The highest BCUT2D eigenvalue weighted by molar-refractivity contribution is 5.80. The average Bonchev–Trinajstić information content (AvgIpc) is 2.66. The van der Waals surface area contributed by atoms with Crippen molar-refractivity contribution in [1.82, 2.24) is 0 Å². The summed E-state index contributed by atoms with van der Waals surface area (Å²) in [6.07, 6.45) is 4.87. The quantitative estimate of drug-likeness (QED) is 0.684. The second kappa shape index (κ2) is 4.75. The Morgan fingerprint density at radius 2 is 2.07 bits per heavy atom. The molecule has 4 heteroatoms. The second-order valence-corrected chi connectivity index (χ2v) is 4.13. The zero-order valence-electron chi connectivity index (χ0n) is 8.91. The Bertz CT molecular complexity index is 198. The fraction of sp³-hybridized carbons (Fsp3) is 0.900. The van der Waals surface area contributed by atoms with Crippen LogP contribution in [0.2, 0.25) is 0 Å². The largest absolute Gasteiger partial charge is 0.468 e. The summed E-state index contributed by atoms with van der Waals surface area (Å²) in [4.78, 5) is 11.2. The molecule has 1 unspecified atom stereocenters. The highest BCUT2D eigenvalue weighted by Crippen LogP contribution is 2.21. The van der Waals surface area contributed by atoms with E-state index in [0.29, 0.717) is 0 Å². The first-order chi connectivity index (χ1) is 6.56. The van der Waals surface area contributed by atoms with Crippen LogP contribution in [0.25, 0.3) is 0 Å². The number of carbonyl (C=O) groups is 1. The van der Waals surface area contributed by atoms with E-state index in [4.69, 9.17) is 10.5 Å². The number of ether oxygens (including phenoxy) is 2. The number of hydrogen-bond donors (Lipinski definition) is 1. The molecule has 0 aromatic heterocycles. The Balaban J connectivity index is 2.31. The van der Waals surface area contributed by atoms with Crippen molar-refractivity contribution >= 4 is 5.97 Å². The first-order valence-corrected chi connectivity index (χ1v) is 5.05. The third-order valence-electron chi connectivity index (χ3n) is 2.57. The van der Waals surface area contributed by atoms with Crippen molar-refractivity contribution in [2.45, 2.75) is 44.2 Å². The van der Waals surface area contributed by atoms with Crippen LogP contribution >= 0.6 is 0 Å². The van der Waals surface area contributed by atoms with Crippen LogP contribution in [0, 0.1) is 0 Å². The monoisotopic (exact) mass is 201 g/mol. The van der Waals surface area contributed by atoms with Crippen molar-refractivity contribution in [3.8, 4) is 0 Å². The summed E-state index contributed by atoms with van der Waals surface area (Å²) in [6, 6.07) is 0. The topological polar surface area (TPSA) is 61.5 Å². The summed E-state index contributed by atoms with van der Waals surface area (Å²) in [7, 11) is 1.34. The summed E-state index contributed by atoms with van der Waals surface area (Å²) >= 11 is 0. The maximum Gasteiger partial charge on any atom is 0.327 e. The molecule has 14 heavy (non-hydrogen) atoms. The fourth-order valence-corrected chi connectivity index (χ4v) is 1.64. The molecule has 1 saturated carbocycles. The minimum atomic E-state index is -1.02. The Kier molecular flexibility index (Phi) is 3.89. The molecule has 0 aliphatic heterocycles. The molecule has 4 nitrogen and oxygen atoms in total. The fourth-order valence-electron chi connectivity index (χ4n) is 1.64. The molecule has 2 N–H and O–H groups in total. The average molecular weight is 201 g/mol. The van der Waals surface area contributed by atoms with Crippen LogP contribution in [-0.4, -0.2) is 31.3 Å². The smallest absolute Gasteiger partial charge is 0.327 e. The number of rotatable bonds is 4. The van der Waals surface area contributed by atoms with Gasteiger partial charge in [0.05, 0.1) is 19.8 Å². The Labute approximate surface area is 84.7 Å². The van der Waals surface area contributed by atoms with Crippen molar-refractivity contribution in [2.24, 2.45) is 5.73 Å². The predicted octanol–water partition coefficient (Wildman–Crippen LogP) is 0.836. The van der Waals surface area contributed by atoms with E-state index >= 15 is 0 Å². The molecule has 0 bridgehead atoms. The number of esters is 1. The molecule has 1 rings (SSSR count). The maximum absolute atomic E-state index is 11.2. The van der Waals surface area contributed by atoms with Crippen LogP contribution < -0.4 is 5.73 Å². The van der Waals surface area contributed by atoms with Gasteiger partial charge in [0.2, 0.25) is 0 Å². The number of nitrogens with two attached hydrogens (primary N) is 1. The molecule has 1 aliphatic carbocycles. The first-order valence-electron chi connectivity index (χ1n) is 5.05. The van der Waals surface area contributed by atoms with Crippen molar-refractivity contribution in [3.05, 3.63) is 0 Å². The summed E-state index contributed by atoms with van der Waals surface area (Å²) in [6.45, 7) is 1.87. The lowest BCUT2D eigenvalue weighted by molar-refractivity contribution is -0.149. The molecule has 0 aromatic carbocycles. The van der Waals surface area contributed by atoms with E-state index in [1.54, 1.807) is 6.92 Å². The molecular weight excluding hydrogens is 182 g/mol. The van der Waals surface area contributed by atoms with E-state index in [9.17, 15) is 4.79 Å². The maximum atomic E-state index is 11.2. The van der Waals surface area contributed by atoms with Gasteiger partial charge in [0, 0.05) is 0 Å². The van der Waals surface area contributed by atoms with Gasteiger partial charge in [-0.1, -0.05) is 12.8 Å². The highest BCUT2D eigenvalue weighted by atomic mass is 16.5. The van der Waals surface area contributed by atoms with Crippen molar-refractivity contribution < 1.29 is 14.3 Å². The Morgan fingerprint density at radius 3 is 2.57 bits per heavy atom. The lowest BCUT2D eigenvalue weighted by atomic mass is 10.1. The van der Waals surface area contributed by atoms with Crippen molar-refractivity contribution in [1.29, 1.82) is 0 Å². The van der Waals surface area contributed by atoms with Gasteiger partial charge in [0.1, 0.15) is 5.54 Å². The van der Waals surface area contributed by atoms with E-state index in [2.05, 4.69) is 4.74 Å². The van der Waals surface area contributed by atoms with E-state index < -0.39 is 11.5 Å². The van der Waals surface area contributed by atoms with Gasteiger partial charge in [0.25, 0.3) is 0 Å². The normalized spacial score (nSPS) is 21.9. The highest BCUT2D eigenvalue weighted by Gasteiger charge is 2.31. The van der Waals surface area contributed by atoms with Crippen LogP contribution in [0.15, 0.2) is 0 Å². The van der Waals surface area contributed by atoms with Gasteiger partial charge in [-0.2, -0.15) is 0 Å². The van der Waals surface area contributed by atoms with Crippen LogP contribution in [-0.2, 0) is 14.3 Å².